The number of furan rings is 1. The van der Waals surface area contributed by atoms with Gasteiger partial charge < -0.3 is 9.73 Å². The van der Waals surface area contributed by atoms with Gasteiger partial charge in [-0.15, -0.1) is 0 Å². The van der Waals surface area contributed by atoms with E-state index in [1.165, 1.54) is 11.6 Å². The number of aryl methyl sites for hydroxylation is 1. The maximum absolute atomic E-state index is 11.8. The fourth-order valence-corrected chi connectivity index (χ4v) is 1.96. The van der Waals surface area contributed by atoms with Gasteiger partial charge in [-0.3, -0.25) is 4.79 Å². The Morgan fingerprint density at radius 2 is 2.05 bits per heavy atom. The molecule has 2 aromatic rings. The van der Waals surface area contributed by atoms with Crippen molar-refractivity contribution < 1.29 is 9.21 Å². The molecule has 1 amide bonds. The van der Waals surface area contributed by atoms with Gasteiger partial charge in [0.05, 0.1) is 12.3 Å². The van der Waals surface area contributed by atoms with E-state index in [-0.39, 0.29) is 11.9 Å². The highest BCUT2D eigenvalue weighted by Gasteiger charge is 2.09. The first-order valence-electron chi connectivity index (χ1n) is 6.24. The predicted molar refractivity (Wildman–Crippen MR) is 75.5 cm³/mol. The Bertz CT molecular complexity index is 570. The van der Waals surface area contributed by atoms with Gasteiger partial charge in [-0.25, -0.2) is 0 Å². The molecule has 0 bridgehead atoms. The Balaban J connectivity index is 1.97. The van der Waals surface area contributed by atoms with Gasteiger partial charge in [0.15, 0.2) is 0 Å². The van der Waals surface area contributed by atoms with E-state index in [0.29, 0.717) is 5.76 Å². The standard InChI is InChI=1S/C16H17NO2/c1-12-6-3-4-8-15(12)13(2)17-16(18)10-9-14-7-5-11-19-14/h3-11,13H,1-2H3,(H,17,18)/b10-9+. The molecule has 0 aliphatic heterocycles. The van der Waals surface area contributed by atoms with E-state index in [0.717, 1.165) is 5.56 Å². The molecule has 0 fully saturated rings. The summed E-state index contributed by atoms with van der Waals surface area (Å²) in [5.74, 6) is 0.533. The van der Waals surface area contributed by atoms with Crippen LogP contribution in [0.1, 0.15) is 29.9 Å². The summed E-state index contributed by atoms with van der Waals surface area (Å²) in [5.41, 5.74) is 2.30. The van der Waals surface area contributed by atoms with Crippen LogP contribution in [0.25, 0.3) is 6.08 Å². The largest absolute Gasteiger partial charge is 0.465 e. The van der Waals surface area contributed by atoms with Gasteiger partial charge in [0.25, 0.3) is 0 Å². The molecule has 1 aromatic carbocycles. The summed E-state index contributed by atoms with van der Waals surface area (Å²) in [6, 6.07) is 11.6. The molecule has 0 spiro atoms. The zero-order valence-corrected chi connectivity index (χ0v) is 11.1. The quantitative estimate of drug-likeness (QED) is 0.850. The van der Waals surface area contributed by atoms with E-state index < -0.39 is 0 Å². The lowest BCUT2D eigenvalue weighted by atomic mass is 10.0. The van der Waals surface area contributed by atoms with Crippen molar-refractivity contribution >= 4 is 12.0 Å². The van der Waals surface area contributed by atoms with Crippen molar-refractivity contribution in [3.63, 3.8) is 0 Å². The molecular weight excluding hydrogens is 238 g/mol. The molecule has 2 rings (SSSR count). The monoisotopic (exact) mass is 255 g/mol. The topological polar surface area (TPSA) is 42.2 Å². The lowest BCUT2D eigenvalue weighted by Gasteiger charge is -2.15. The SMILES string of the molecule is Cc1ccccc1C(C)NC(=O)/C=C/c1ccco1. The molecule has 98 valence electrons. The molecular formula is C16H17NO2. The summed E-state index contributed by atoms with van der Waals surface area (Å²) in [7, 11) is 0. The van der Waals surface area contributed by atoms with Crippen LogP contribution in [-0.2, 0) is 4.79 Å². The number of carbonyl (C=O) groups excluding carboxylic acids is 1. The number of hydrogen-bond acceptors (Lipinski definition) is 2. The van der Waals surface area contributed by atoms with Crippen molar-refractivity contribution in [2.75, 3.05) is 0 Å². The zero-order chi connectivity index (χ0) is 13.7. The molecule has 0 aliphatic rings. The number of nitrogens with one attached hydrogen (secondary N) is 1. The Labute approximate surface area is 112 Å². The number of benzene rings is 1. The maximum Gasteiger partial charge on any atom is 0.244 e. The fourth-order valence-electron chi connectivity index (χ4n) is 1.96. The Kier molecular flexibility index (Phi) is 4.18. The van der Waals surface area contributed by atoms with Crippen LogP contribution in [0, 0.1) is 6.92 Å². The van der Waals surface area contributed by atoms with Crippen molar-refractivity contribution in [3.8, 4) is 0 Å². The van der Waals surface area contributed by atoms with Gasteiger partial charge >= 0.3 is 0 Å². The summed E-state index contributed by atoms with van der Waals surface area (Å²) in [6.45, 7) is 4.01. The molecule has 1 heterocycles. The Morgan fingerprint density at radius 1 is 1.26 bits per heavy atom. The second-order valence-electron chi connectivity index (χ2n) is 4.44. The van der Waals surface area contributed by atoms with Crippen molar-refractivity contribution in [2.24, 2.45) is 0 Å². The molecule has 0 saturated heterocycles. The minimum Gasteiger partial charge on any atom is -0.465 e. The lowest BCUT2D eigenvalue weighted by molar-refractivity contribution is -0.117. The summed E-state index contributed by atoms with van der Waals surface area (Å²) >= 11 is 0. The minimum absolute atomic E-state index is 0.0186. The fraction of sp³-hybridized carbons (Fsp3) is 0.188. The average molecular weight is 255 g/mol. The Morgan fingerprint density at radius 3 is 2.74 bits per heavy atom. The molecule has 19 heavy (non-hydrogen) atoms. The van der Waals surface area contributed by atoms with E-state index in [2.05, 4.69) is 5.32 Å². The van der Waals surface area contributed by atoms with E-state index in [9.17, 15) is 4.79 Å². The van der Waals surface area contributed by atoms with Gasteiger partial charge in [-0.05, 0) is 43.2 Å². The highest BCUT2D eigenvalue weighted by atomic mass is 16.3. The molecule has 3 nitrogen and oxygen atoms in total. The molecule has 1 atom stereocenters. The van der Waals surface area contributed by atoms with Crippen molar-refractivity contribution in [1.82, 2.24) is 5.32 Å². The number of rotatable bonds is 4. The molecule has 1 aromatic heterocycles. The molecule has 0 radical (unpaired) electrons. The van der Waals surface area contributed by atoms with Crippen LogP contribution in [0.3, 0.4) is 0 Å². The predicted octanol–water partition coefficient (Wildman–Crippen LogP) is 3.48. The average Bonchev–Trinajstić information content (AvgIpc) is 2.90. The summed E-state index contributed by atoms with van der Waals surface area (Å²) in [6.07, 6.45) is 4.71. The van der Waals surface area contributed by atoms with E-state index in [1.54, 1.807) is 24.5 Å². The van der Waals surface area contributed by atoms with E-state index in [1.807, 2.05) is 38.1 Å². The molecule has 0 aliphatic carbocycles. The van der Waals surface area contributed by atoms with E-state index >= 15 is 0 Å². The van der Waals surface area contributed by atoms with Crippen LogP contribution in [-0.4, -0.2) is 5.91 Å². The van der Waals surface area contributed by atoms with Crippen LogP contribution < -0.4 is 5.32 Å². The zero-order valence-electron chi connectivity index (χ0n) is 11.1. The number of hydrogen-bond donors (Lipinski definition) is 1. The number of carbonyl (C=O) groups is 1. The third-order valence-corrected chi connectivity index (χ3v) is 2.96. The second kappa shape index (κ2) is 6.05. The summed E-state index contributed by atoms with van der Waals surface area (Å²) < 4.78 is 5.13. The second-order valence-corrected chi connectivity index (χ2v) is 4.44. The third-order valence-electron chi connectivity index (χ3n) is 2.96. The normalized spacial score (nSPS) is 12.5. The van der Waals surface area contributed by atoms with Crippen LogP contribution in [0.5, 0.6) is 0 Å². The van der Waals surface area contributed by atoms with Gasteiger partial charge in [0.2, 0.25) is 5.91 Å². The van der Waals surface area contributed by atoms with E-state index in [4.69, 9.17) is 4.42 Å². The first-order chi connectivity index (χ1) is 9.16. The first-order valence-corrected chi connectivity index (χ1v) is 6.24. The molecule has 1 N–H and O–H groups in total. The van der Waals surface area contributed by atoms with Gasteiger partial charge in [0, 0.05) is 6.08 Å². The first kappa shape index (κ1) is 13.1. The summed E-state index contributed by atoms with van der Waals surface area (Å²) in [5, 5.41) is 2.93. The van der Waals surface area contributed by atoms with Gasteiger partial charge in [-0.2, -0.15) is 0 Å². The van der Waals surface area contributed by atoms with Crippen molar-refractivity contribution in [2.45, 2.75) is 19.9 Å². The van der Waals surface area contributed by atoms with Crippen LogP contribution >= 0.6 is 0 Å². The maximum atomic E-state index is 11.8. The molecule has 3 heteroatoms. The highest BCUT2D eigenvalue weighted by Crippen LogP contribution is 2.16. The van der Waals surface area contributed by atoms with Crippen LogP contribution in [0.2, 0.25) is 0 Å². The van der Waals surface area contributed by atoms with Crippen molar-refractivity contribution in [3.05, 3.63) is 65.6 Å². The third kappa shape index (κ3) is 3.58. The smallest absolute Gasteiger partial charge is 0.244 e. The number of amides is 1. The highest BCUT2D eigenvalue weighted by molar-refractivity contribution is 5.91. The van der Waals surface area contributed by atoms with Crippen molar-refractivity contribution in [1.29, 1.82) is 0 Å². The lowest BCUT2D eigenvalue weighted by Crippen LogP contribution is -2.25. The van der Waals surface area contributed by atoms with Gasteiger partial charge in [0.1, 0.15) is 5.76 Å². The van der Waals surface area contributed by atoms with Crippen LogP contribution in [0.15, 0.2) is 53.2 Å². The minimum atomic E-state index is -0.132. The molecule has 0 saturated carbocycles. The molecule has 1 unspecified atom stereocenters. The van der Waals surface area contributed by atoms with Crippen LogP contribution in [0.4, 0.5) is 0 Å². The Hall–Kier alpha value is -2.29. The summed E-state index contributed by atoms with van der Waals surface area (Å²) in [4.78, 5) is 11.8. The van der Waals surface area contributed by atoms with Gasteiger partial charge in [-0.1, -0.05) is 24.3 Å².